The Hall–Kier alpha value is -3.08. The van der Waals surface area contributed by atoms with Crippen molar-refractivity contribution in [1.29, 1.82) is 0 Å². The lowest BCUT2D eigenvalue weighted by atomic mass is 10.1. The Balaban J connectivity index is 1.78. The Labute approximate surface area is 148 Å². The fourth-order valence-corrected chi connectivity index (χ4v) is 2.28. The molecule has 2 rings (SSSR count). The second-order valence-corrected chi connectivity index (χ2v) is 5.58. The number of nitrogens with zero attached hydrogens (tertiary/aromatic N) is 1. The highest BCUT2D eigenvalue weighted by Crippen LogP contribution is 2.09. The van der Waals surface area contributed by atoms with Crippen LogP contribution in [-0.4, -0.2) is 39.0 Å². The zero-order valence-electron chi connectivity index (χ0n) is 14.5. The molecule has 0 saturated carbocycles. The van der Waals surface area contributed by atoms with Crippen molar-refractivity contribution in [3.05, 3.63) is 71.8 Å². The van der Waals surface area contributed by atoms with E-state index in [1.54, 1.807) is 37.4 Å². The summed E-state index contributed by atoms with van der Waals surface area (Å²) in [6, 6.07) is 17.1. The van der Waals surface area contributed by atoms with Gasteiger partial charge in [0.25, 0.3) is 5.91 Å². The number of amides is 2. The summed E-state index contributed by atoms with van der Waals surface area (Å²) < 4.78 is 0. The van der Waals surface area contributed by atoms with Gasteiger partial charge < -0.3 is 15.5 Å². The van der Waals surface area contributed by atoms with Gasteiger partial charge in [-0.25, -0.2) is 0 Å². The summed E-state index contributed by atoms with van der Waals surface area (Å²) in [5, 5.41) is 5.43. The number of carbonyl (C=O) groups excluding carboxylic acids is 2. The van der Waals surface area contributed by atoms with E-state index in [-0.39, 0.29) is 11.8 Å². The molecule has 2 amide bonds. The summed E-state index contributed by atoms with van der Waals surface area (Å²) in [7, 11) is 3.58. The van der Waals surface area contributed by atoms with Gasteiger partial charge in [-0.05, 0) is 35.9 Å². The van der Waals surface area contributed by atoms with Crippen molar-refractivity contribution in [1.82, 2.24) is 10.6 Å². The maximum atomic E-state index is 11.9. The molecule has 0 saturated heterocycles. The van der Waals surface area contributed by atoms with Crippen LogP contribution in [0.1, 0.15) is 15.9 Å². The van der Waals surface area contributed by atoms with Crippen LogP contribution in [0.2, 0.25) is 0 Å². The number of likely N-dealkylation sites (N-methyl/N-ethyl adjacent to an activating group) is 1. The van der Waals surface area contributed by atoms with Crippen LogP contribution < -0.4 is 15.5 Å². The number of anilines is 1. The quantitative estimate of drug-likeness (QED) is 0.762. The molecule has 0 aliphatic rings. The number of nitrogens with one attached hydrogen (secondary N) is 2. The third-order valence-electron chi connectivity index (χ3n) is 3.77. The minimum atomic E-state index is -0.142. The molecule has 5 nitrogen and oxygen atoms in total. The van der Waals surface area contributed by atoms with Crippen LogP contribution in [0.5, 0.6) is 0 Å². The molecular formula is C20H23N3O2. The lowest BCUT2D eigenvalue weighted by molar-refractivity contribution is -0.116. The normalized spacial score (nSPS) is 10.5. The lowest BCUT2D eigenvalue weighted by Crippen LogP contribution is -2.31. The molecule has 2 N–H and O–H groups in total. The molecular weight excluding hydrogens is 314 g/mol. The summed E-state index contributed by atoms with van der Waals surface area (Å²) in [6.45, 7) is 1.29. The number of carbonyl (C=O) groups is 2. The fourth-order valence-electron chi connectivity index (χ4n) is 2.28. The van der Waals surface area contributed by atoms with Crippen LogP contribution in [0.25, 0.3) is 6.08 Å². The smallest absolute Gasteiger partial charge is 0.251 e. The highest BCUT2D eigenvalue weighted by atomic mass is 16.2. The van der Waals surface area contributed by atoms with Crippen molar-refractivity contribution in [3.63, 3.8) is 0 Å². The maximum Gasteiger partial charge on any atom is 0.251 e. The van der Waals surface area contributed by atoms with E-state index in [9.17, 15) is 9.59 Å². The third-order valence-corrected chi connectivity index (χ3v) is 3.77. The Morgan fingerprint density at radius 3 is 2.36 bits per heavy atom. The molecule has 0 unspecified atom stereocenters. The number of hydrogen-bond donors (Lipinski definition) is 2. The highest BCUT2D eigenvalue weighted by molar-refractivity contribution is 5.94. The molecule has 2 aromatic rings. The largest absolute Gasteiger partial charge is 0.373 e. The number of benzene rings is 2. The first-order valence-electron chi connectivity index (χ1n) is 8.14. The summed E-state index contributed by atoms with van der Waals surface area (Å²) in [4.78, 5) is 25.4. The van der Waals surface area contributed by atoms with E-state index in [0.717, 1.165) is 17.8 Å². The van der Waals surface area contributed by atoms with Crippen molar-refractivity contribution in [2.45, 2.75) is 0 Å². The molecule has 2 aromatic carbocycles. The van der Waals surface area contributed by atoms with Gasteiger partial charge in [0.15, 0.2) is 0 Å². The molecule has 0 heterocycles. The summed E-state index contributed by atoms with van der Waals surface area (Å²) in [6.07, 6.45) is 3.22. The Morgan fingerprint density at radius 2 is 1.72 bits per heavy atom. The lowest BCUT2D eigenvalue weighted by Gasteiger charge is -2.19. The summed E-state index contributed by atoms with van der Waals surface area (Å²) in [5.74, 6) is -0.271. The standard InChI is InChI=1S/C20H23N3O2/c1-21-20(25)17-11-8-16(9-12-17)10-13-19(24)22-14-15-23(2)18-6-4-3-5-7-18/h3-13H,14-15H2,1-2H3,(H,21,25)(H,22,24)/b13-10+. The van der Waals surface area contributed by atoms with E-state index in [1.807, 2.05) is 37.4 Å². The van der Waals surface area contributed by atoms with Crippen LogP contribution in [0.3, 0.4) is 0 Å². The fraction of sp³-hybridized carbons (Fsp3) is 0.200. The number of hydrogen-bond acceptors (Lipinski definition) is 3. The zero-order chi connectivity index (χ0) is 18.1. The van der Waals surface area contributed by atoms with Crippen molar-refractivity contribution in [3.8, 4) is 0 Å². The van der Waals surface area contributed by atoms with Crippen LogP contribution in [0, 0.1) is 0 Å². The van der Waals surface area contributed by atoms with Crippen LogP contribution in [-0.2, 0) is 4.79 Å². The summed E-state index contributed by atoms with van der Waals surface area (Å²) >= 11 is 0. The maximum absolute atomic E-state index is 11.9. The van der Waals surface area contributed by atoms with Gasteiger partial charge in [-0.1, -0.05) is 30.3 Å². The average Bonchev–Trinajstić information content (AvgIpc) is 2.66. The van der Waals surface area contributed by atoms with E-state index in [0.29, 0.717) is 12.1 Å². The zero-order valence-corrected chi connectivity index (χ0v) is 14.5. The first kappa shape index (κ1) is 18.3. The molecule has 25 heavy (non-hydrogen) atoms. The van der Waals surface area contributed by atoms with Gasteiger partial charge in [0.1, 0.15) is 0 Å². The second-order valence-electron chi connectivity index (χ2n) is 5.58. The number of rotatable bonds is 7. The molecule has 0 radical (unpaired) electrons. The molecule has 0 aromatic heterocycles. The molecule has 5 heteroatoms. The topological polar surface area (TPSA) is 61.4 Å². The van der Waals surface area contributed by atoms with Crippen LogP contribution in [0.15, 0.2) is 60.7 Å². The molecule has 0 spiro atoms. The van der Waals surface area contributed by atoms with E-state index in [4.69, 9.17) is 0 Å². The predicted molar refractivity (Wildman–Crippen MR) is 102 cm³/mol. The Bertz CT molecular complexity index is 724. The van der Waals surface area contributed by atoms with Gasteiger partial charge in [-0.3, -0.25) is 9.59 Å². The van der Waals surface area contributed by atoms with E-state index in [1.165, 1.54) is 6.08 Å². The monoisotopic (exact) mass is 337 g/mol. The second kappa shape index (κ2) is 9.27. The average molecular weight is 337 g/mol. The number of para-hydroxylation sites is 1. The van der Waals surface area contributed by atoms with Gasteiger partial charge >= 0.3 is 0 Å². The van der Waals surface area contributed by atoms with Crippen LogP contribution in [0.4, 0.5) is 5.69 Å². The van der Waals surface area contributed by atoms with Gasteiger partial charge in [0.05, 0.1) is 0 Å². The van der Waals surface area contributed by atoms with E-state index < -0.39 is 0 Å². The van der Waals surface area contributed by atoms with Gasteiger partial charge in [0.2, 0.25) is 5.91 Å². The van der Waals surface area contributed by atoms with Crippen molar-refractivity contribution in [2.75, 3.05) is 32.1 Å². The Morgan fingerprint density at radius 1 is 1.04 bits per heavy atom. The molecule has 130 valence electrons. The highest BCUT2D eigenvalue weighted by Gasteiger charge is 2.02. The summed E-state index contributed by atoms with van der Waals surface area (Å²) in [5.41, 5.74) is 2.57. The van der Waals surface area contributed by atoms with E-state index in [2.05, 4.69) is 15.5 Å². The molecule has 0 bridgehead atoms. The molecule has 0 aliphatic heterocycles. The molecule has 0 fully saturated rings. The van der Waals surface area contributed by atoms with Gasteiger partial charge in [-0.2, -0.15) is 0 Å². The minimum Gasteiger partial charge on any atom is -0.373 e. The van der Waals surface area contributed by atoms with Crippen molar-refractivity contribution < 1.29 is 9.59 Å². The first-order valence-corrected chi connectivity index (χ1v) is 8.14. The van der Waals surface area contributed by atoms with Gasteiger partial charge in [-0.15, -0.1) is 0 Å². The third kappa shape index (κ3) is 5.80. The predicted octanol–water partition coefficient (Wildman–Crippen LogP) is 2.31. The van der Waals surface area contributed by atoms with Crippen molar-refractivity contribution in [2.24, 2.45) is 0 Å². The molecule has 0 atom stereocenters. The van der Waals surface area contributed by atoms with E-state index >= 15 is 0 Å². The van der Waals surface area contributed by atoms with Crippen LogP contribution >= 0.6 is 0 Å². The van der Waals surface area contributed by atoms with Crippen molar-refractivity contribution >= 4 is 23.6 Å². The SMILES string of the molecule is CNC(=O)c1ccc(/C=C/C(=O)NCCN(C)c2ccccc2)cc1. The Kier molecular flexibility index (Phi) is 6.77. The van der Waals surface area contributed by atoms with Gasteiger partial charge in [0, 0.05) is 44.5 Å². The minimum absolute atomic E-state index is 0.129. The first-order chi connectivity index (χ1) is 12.1. The molecule has 0 aliphatic carbocycles.